The van der Waals surface area contributed by atoms with E-state index in [0.29, 0.717) is 0 Å². The average molecular weight is 247 g/mol. The molecule has 2 radical (unpaired) electrons. The fourth-order valence-corrected chi connectivity index (χ4v) is 2.67. The van der Waals surface area contributed by atoms with Crippen LogP contribution in [-0.2, 0) is 0 Å². The molecule has 0 heterocycles. The third kappa shape index (κ3) is 1.24. The van der Waals surface area contributed by atoms with Crippen LogP contribution in [-0.4, -0.2) is 0 Å². The number of hydrogen-bond donors (Lipinski definition) is 0. The Labute approximate surface area is 105 Å². The van der Waals surface area contributed by atoms with Crippen molar-refractivity contribution >= 4 is 23.2 Å². The van der Waals surface area contributed by atoms with E-state index in [-0.39, 0.29) is 0 Å². The van der Waals surface area contributed by atoms with Crippen LogP contribution in [0.25, 0.3) is 22.3 Å². The van der Waals surface area contributed by atoms with Crippen molar-refractivity contribution < 1.29 is 0 Å². The van der Waals surface area contributed by atoms with E-state index in [1.165, 1.54) is 0 Å². The average Bonchev–Trinajstić information content (AvgIpc) is 2.23. The van der Waals surface area contributed by atoms with Crippen molar-refractivity contribution in [1.29, 1.82) is 0 Å². The molecule has 2 heteroatoms. The highest BCUT2D eigenvalue weighted by Crippen LogP contribution is 2.43. The number of hydrogen-bond acceptors (Lipinski definition) is 0. The van der Waals surface area contributed by atoms with Gasteiger partial charge in [-0.3, -0.25) is 0 Å². The molecule has 0 saturated heterocycles. The smallest absolute Gasteiger partial charge is 0.0491 e. The Morgan fingerprint density at radius 3 is 1.56 bits per heavy atom. The van der Waals surface area contributed by atoms with Crippen molar-refractivity contribution in [3.05, 3.63) is 45.4 Å². The molecule has 16 heavy (non-hydrogen) atoms. The van der Waals surface area contributed by atoms with Gasteiger partial charge in [-0.2, -0.15) is 0 Å². The zero-order valence-corrected chi connectivity index (χ0v) is 10.4. The fraction of sp³-hybridized carbons (Fsp3) is 0.143. The summed E-state index contributed by atoms with van der Waals surface area (Å²) in [4.78, 5) is 0. The Bertz CT molecular complexity index is 502. The number of benzene rings is 2. The summed E-state index contributed by atoms with van der Waals surface area (Å²) in [6.07, 6.45) is 0. The van der Waals surface area contributed by atoms with E-state index in [1.807, 2.05) is 26.0 Å². The first-order valence-corrected chi connectivity index (χ1v) is 5.79. The highest BCUT2D eigenvalue weighted by atomic mass is 35.5. The SMILES string of the molecule is Cc1[c]c2c(C)[c]c1-c1cc(Cl)c-2cc1Cl. The lowest BCUT2D eigenvalue weighted by Gasteiger charge is -2.19. The fourth-order valence-electron chi connectivity index (χ4n) is 2.16. The molecule has 0 nitrogen and oxygen atoms in total. The minimum atomic E-state index is 0.729. The molecule has 0 aliphatic heterocycles. The summed E-state index contributed by atoms with van der Waals surface area (Å²) in [6.45, 7) is 4.05. The summed E-state index contributed by atoms with van der Waals surface area (Å²) in [7, 11) is 0. The summed E-state index contributed by atoms with van der Waals surface area (Å²) >= 11 is 12.5. The molecule has 0 fully saturated rings. The van der Waals surface area contributed by atoms with Crippen molar-refractivity contribution in [2.45, 2.75) is 13.8 Å². The highest BCUT2D eigenvalue weighted by molar-refractivity contribution is 6.37. The predicted molar refractivity (Wildman–Crippen MR) is 68.0 cm³/mol. The topological polar surface area (TPSA) is 0 Å². The normalized spacial score (nSPS) is 11.8. The third-order valence-electron chi connectivity index (χ3n) is 2.97. The minimum Gasteiger partial charge on any atom is -0.0836 e. The van der Waals surface area contributed by atoms with Crippen molar-refractivity contribution in [3.8, 4) is 22.3 Å². The van der Waals surface area contributed by atoms with E-state index in [1.54, 1.807) is 0 Å². The zero-order chi connectivity index (χ0) is 11.4. The molecule has 4 aliphatic rings. The monoisotopic (exact) mass is 246 g/mol. The maximum absolute atomic E-state index is 6.24. The molecule has 78 valence electrons. The molecular weight excluding hydrogens is 239 g/mol. The Balaban J connectivity index is 2.56. The standard InChI is InChI=1S/C14H8Cl2/c1-7-3-10-8(2)4-9(7)11-5-14(16)12(10)6-13(11)15/h5-6H,1-2H3. The van der Waals surface area contributed by atoms with E-state index in [9.17, 15) is 0 Å². The van der Waals surface area contributed by atoms with Crippen LogP contribution in [0.3, 0.4) is 0 Å². The first kappa shape index (κ1) is 10.2. The van der Waals surface area contributed by atoms with E-state index >= 15 is 0 Å². The van der Waals surface area contributed by atoms with Crippen LogP contribution in [0.15, 0.2) is 12.1 Å². The van der Waals surface area contributed by atoms with Gasteiger partial charge in [0.05, 0.1) is 0 Å². The van der Waals surface area contributed by atoms with E-state index < -0.39 is 0 Å². The molecule has 0 spiro atoms. The minimum absolute atomic E-state index is 0.729. The molecule has 0 saturated carbocycles. The Morgan fingerprint density at radius 1 is 0.812 bits per heavy atom. The lowest BCUT2D eigenvalue weighted by Crippen LogP contribution is -1.97. The Hall–Kier alpha value is -0.980. The summed E-state index contributed by atoms with van der Waals surface area (Å²) in [5, 5.41) is 1.46. The number of halogens is 2. The predicted octanol–water partition coefficient (Wildman–Crippen LogP) is 4.86. The second kappa shape index (κ2) is 3.26. The van der Waals surface area contributed by atoms with Gasteiger partial charge in [0.2, 0.25) is 0 Å². The maximum atomic E-state index is 6.24. The molecule has 2 aromatic rings. The highest BCUT2D eigenvalue weighted by Gasteiger charge is 2.19. The molecule has 4 aliphatic carbocycles. The number of rotatable bonds is 0. The Morgan fingerprint density at radius 2 is 1.19 bits per heavy atom. The van der Waals surface area contributed by atoms with Gasteiger partial charge in [0.1, 0.15) is 0 Å². The van der Waals surface area contributed by atoms with Crippen LogP contribution in [0.2, 0.25) is 10.0 Å². The molecule has 4 bridgehead atoms. The summed E-state index contributed by atoms with van der Waals surface area (Å²) in [5.74, 6) is 0. The molecule has 0 amide bonds. The van der Waals surface area contributed by atoms with Gasteiger partial charge in [0.15, 0.2) is 0 Å². The second-order valence-corrected chi connectivity index (χ2v) is 4.88. The van der Waals surface area contributed by atoms with E-state index in [4.69, 9.17) is 23.2 Å². The van der Waals surface area contributed by atoms with Gasteiger partial charge in [-0.15, -0.1) is 0 Å². The lowest BCUT2D eigenvalue weighted by molar-refractivity contribution is 1.35. The second-order valence-electron chi connectivity index (χ2n) is 4.06. The van der Waals surface area contributed by atoms with E-state index in [0.717, 1.165) is 43.4 Å². The van der Waals surface area contributed by atoms with Crippen LogP contribution in [0.5, 0.6) is 0 Å². The molecule has 2 aromatic carbocycles. The van der Waals surface area contributed by atoms with Crippen LogP contribution in [0.4, 0.5) is 0 Å². The Kier molecular flexibility index (Phi) is 2.07. The summed E-state index contributed by atoms with van der Waals surface area (Å²) in [5.41, 5.74) is 6.02. The van der Waals surface area contributed by atoms with Gasteiger partial charge in [0.25, 0.3) is 0 Å². The zero-order valence-electron chi connectivity index (χ0n) is 8.91. The van der Waals surface area contributed by atoms with Crippen molar-refractivity contribution in [2.75, 3.05) is 0 Å². The summed E-state index contributed by atoms with van der Waals surface area (Å²) in [6, 6.07) is 10.6. The molecule has 0 aromatic heterocycles. The van der Waals surface area contributed by atoms with E-state index in [2.05, 4.69) is 12.1 Å². The van der Waals surface area contributed by atoms with Crippen molar-refractivity contribution in [1.82, 2.24) is 0 Å². The van der Waals surface area contributed by atoms with Gasteiger partial charge in [0, 0.05) is 21.2 Å². The quantitative estimate of drug-likeness (QED) is 0.532. The van der Waals surface area contributed by atoms with Gasteiger partial charge < -0.3 is 0 Å². The first-order chi connectivity index (χ1) is 7.58. The largest absolute Gasteiger partial charge is 0.0836 e. The molecule has 0 N–H and O–H groups in total. The van der Waals surface area contributed by atoms with Crippen LogP contribution >= 0.6 is 23.2 Å². The van der Waals surface area contributed by atoms with Gasteiger partial charge in [-0.05, 0) is 60.4 Å². The molecule has 0 unspecified atom stereocenters. The molecule has 6 rings (SSSR count). The van der Waals surface area contributed by atoms with Crippen LogP contribution in [0, 0.1) is 26.0 Å². The first-order valence-electron chi connectivity index (χ1n) is 5.03. The van der Waals surface area contributed by atoms with Crippen molar-refractivity contribution in [3.63, 3.8) is 0 Å². The third-order valence-corrected chi connectivity index (χ3v) is 3.60. The maximum Gasteiger partial charge on any atom is 0.0491 e. The lowest BCUT2D eigenvalue weighted by atomic mass is 9.87. The van der Waals surface area contributed by atoms with Gasteiger partial charge >= 0.3 is 0 Å². The molecule has 0 atom stereocenters. The van der Waals surface area contributed by atoms with Gasteiger partial charge in [-0.1, -0.05) is 23.2 Å². The van der Waals surface area contributed by atoms with Gasteiger partial charge in [-0.25, -0.2) is 0 Å². The van der Waals surface area contributed by atoms with Crippen molar-refractivity contribution in [2.24, 2.45) is 0 Å². The summed E-state index contributed by atoms with van der Waals surface area (Å²) < 4.78 is 0. The number of aryl methyl sites for hydroxylation is 2. The van der Waals surface area contributed by atoms with Crippen LogP contribution < -0.4 is 0 Å². The van der Waals surface area contributed by atoms with Crippen LogP contribution in [0.1, 0.15) is 11.1 Å². The molecular formula is C14H8Cl2.